The van der Waals surface area contributed by atoms with Crippen molar-refractivity contribution in [2.24, 2.45) is 4.99 Å². The molecule has 0 atom stereocenters. The van der Waals surface area contributed by atoms with E-state index in [1.165, 1.54) is 19.1 Å². The highest BCUT2D eigenvalue weighted by atomic mass is 19.4. The predicted molar refractivity (Wildman–Crippen MR) is 101 cm³/mol. The third kappa shape index (κ3) is 3.17. The molecule has 1 aromatic heterocycles. The Morgan fingerprint density at radius 2 is 1.61 bits per heavy atom. The molecule has 0 aliphatic heterocycles. The van der Waals surface area contributed by atoms with Crippen molar-refractivity contribution in [2.75, 3.05) is 0 Å². The molecule has 140 valence electrons. The van der Waals surface area contributed by atoms with Gasteiger partial charge in [-0.05, 0) is 22.9 Å². The molecule has 0 saturated carbocycles. The number of aliphatic imine (C=N–C) groups is 1. The fraction of sp³-hybridized carbons (Fsp3) is 0.0909. The van der Waals surface area contributed by atoms with Gasteiger partial charge in [-0.25, -0.2) is 4.99 Å². The monoisotopic (exact) mass is 381 g/mol. The minimum absolute atomic E-state index is 0.0597. The highest BCUT2D eigenvalue weighted by Crippen LogP contribution is 2.39. The first-order valence-electron chi connectivity index (χ1n) is 8.52. The van der Waals surface area contributed by atoms with E-state index < -0.39 is 17.8 Å². The Balaban J connectivity index is 2.05. The first-order chi connectivity index (χ1) is 13.3. The number of fused-ring (bicyclic) bond motifs is 2. The third-order valence-corrected chi connectivity index (χ3v) is 4.38. The van der Waals surface area contributed by atoms with E-state index in [1.807, 2.05) is 24.3 Å². The second-order valence-electron chi connectivity index (χ2n) is 6.34. The number of hydrogen-bond donors (Lipinski definition) is 0. The minimum atomic E-state index is -4.73. The summed E-state index contributed by atoms with van der Waals surface area (Å²) in [6.45, 7) is 1.20. The molecular weight excluding hydrogens is 367 g/mol. The van der Waals surface area contributed by atoms with Crippen LogP contribution < -0.4 is 0 Å². The zero-order valence-corrected chi connectivity index (χ0v) is 14.7. The third-order valence-electron chi connectivity index (χ3n) is 4.38. The van der Waals surface area contributed by atoms with Gasteiger partial charge < -0.3 is 4.42 Å². The van der Waals surface area contributed by atoms with Gasteiger partial charge in [0.25, 0.3) is 0 Å². The van der Waals surface area contributed by atoms with E-state index in [9.17, 15) is 18.0 Å². The maximum absolute atomic E-state index is 13.7. The second-order valence-corrected chi connectivity index (χ2v) is 6.34. The van der Waals surface area contributed by atoms with Crippen LogP contribution in [0.1, 0.15) is 23.8 Å². The highest BCUT2D eigenvalue weighted by Gasteiger charge is 2.40. The molecule has 4 aromatic rings. The molecule has 0 aliphatic rings. The van der Waals surface area contributed by atoms with Crippen molar-refractivity contribution in [3.8, 4) is 0 Å². The molecule has 0 radical (unpaired) electrons. The van der Waals surface area contributed by atoms with E-state index in [0.29, 0.717) is 5.56 Å². The van der Waals surface area contributed by atoms with Crippen LogP contribution >= 0.6 is 0 Å². The minimum Gasteiger partial charge on any atom is -0.451 e. The summed E-state index contributed by atoms with van der Waals surface area (Å²) in [5.41, 5.74) is 0.205. The molecule has 0 aliphatic carbocycles. The van der Waals surface area contributed by atoms with Crippen molar-refractivity contribution in [2.45, 2.75) is 13.1 Å². The first kappa shape index (κ1) is 18.0. The molecule has 3 nitrogen and oxygen atoms in total. The lowest BCUT2D eigenvalue weighted by Gasteiger charge is -2.11. The van der Waals surface area contributed by atoms with Crippen LogP contribution in [0.25, 0.3) is 21.7 Å². The SMILES string of the molecule is CC(=O)N=C(c1ccc2ccccc2c1)c1c(C(F)(F)F)oc2ccccc12. The number of amides is 1. The predicted octanol–water partition coefficient (Wildman–Crippen LogP) is 5.99. The molecule has 0 bridgehead atoms. The number of rotatable bonds is 2. The van der Waals surface area contributed by atoms with E-state index in [2.05, 4.69) is 4.99 Å². The van der Waals surface area contributed by atoms with Crippen LogP contribution in [0.3, 0.4) is 0 Å². The lowest BCUT2D eigenvalue weighted by atomic mass is 9.96. The van der Waals surface area contributed by atoms with Gasteiger partial charge in [-0.1, -0.05) is 54.6 Å². The Morgan fingerprint density at radius 3 is 2.32 bits per heavy atom. The van der Waals surface area contributed by atoms with E-state index in [0.717, 1.165) is 10.8 Å². The maximum Gasteiger partial charge on any atom is 0.450 e. The number of carbonyl (C=O) groups excluding carboxylic acids is 1. The van der Waals surface area contributed by atoms with Gasteiger partial charge in [-0.3, -0.25) is 4.79 Å². The number of furan rings is 1. The maximum atomic E-state index is 13.7. The van der Waals surface area contributed by atoms with Crippen LogP contribution in [0.4, 0.5) is 13.2 Å². The zero-order valence-electron chi connectivity index (χ0n) is 14.7. The van der Waals surface area contributed by atoms with Crippen LogP contribution in [-0.2, 0) is 11.0 Å². The molecule has 3 aromatic carbocycles. The van der Waals surface area contributed by atoms with Gasteiger partial charge in [0.05, 0.1) is 11.3 Å². The lowest BCUT2D eigenvalue weighted by Crippen LogP contribution is -2.13. The second kappa shape index (κ2) is 6.64. The molecule has 0 fully saturated rings. The van der Waals surface area contributed by atoms with Gasteiger partial charge in [0, 0.05) is 17.9 Å². The summed E-state index contributed by atoms with van der Waals surface area (Å²) in [6, 6.07) is 18.8. The zero-order chi connectivity index (χ0) is 19.9. The Kier molecular flexibility index (Phi) is 4.26. The Hall–Kier alpha value is -3.41. The molecule has 0 unspecified atom stereocenters. The van der Waals surface area contributed by atoms with Crippen molar-refractivity contribution in [3.05, 3.63) is 83.6 Å². The molecule has 4 rings (SSSR count). The summed E-state index contributed by atoms with van der Waals surface area (Å²) in [4.78, 5) is 15.7. The molecule has 6 heteroatoms. The first-order valence-corrected chi connectivity index (χ1v) is 8.52. The van der Waals surface area contributed by atoms with Crippen molar-refractivity contribution in [3.63, 3.8) is 0 Å². The average Bonchev–Trinajstić information content (AvgIpc) is 3.05. The molecule has 0 saturated heterocycles. The fourth-order valence-electron chi connectivity index (χ4n) is 3.24. The van der Waals surface area contributed by atoms with E-state index in [-0.39, 0.29) is 22.2 Å². The van der Waals surface area contributed by atoms with Crippen LogP contribution in [0.5, 0.6) is 0 Å². The number of carbonyl (C=O) groups is 1. The van der Waals surface area contributed by atoms with Crippen LogP contribution in [0.2, 0.25) is 0 Å². The molecule has 28 heavy (non-hydrogen) atoms. The van der Waals surface area contributed by atoms with E-state index in [1.54, 1.807) is 30.3 Å². The number of halogens is 3. The summed E-state index contributed by atoms with van der Waals surface area (Å²) in [5.74, 6) is -1.76. The molecule has 1 heterocycles. The standard InChI is InChI=1S/C22H14F3NO2/c1-13(27)26-20(16-11-10-14-6-2-3-7-15(14)12-16)19-17-8-4-5-9-18(17)28-21(19)22(23,24)25/h2-12H,1H3. The normalized spacial score (nSPS) is 12.6. The molecule has 0 spiro atoms. The van der Waals surface area contributed by atoms with Gasteiger partial charge >= 0.3 is 6.18 Å². The van der Waals surface area contributed by atoms with Crippen molar-refractivity contribution < 1.29 is 22.4 Å². The van der Waals surface area contributed by atoms with Crippen molar-refractivity contribution >= 4 is 33.4 Å². The van der Waals surface area contributed by atoms with Crippen LogP contribution in [-0.4, -0.2) is 11.6 Å². The fourth-order valence-corrected chi connectivity index (χ4v) is 3.24. The number of para-hydroxylation sites is 1. The van der Waals surface area contributed by atoms with Gasteiger partial charge in [0.15, 0.2) is 0 Å². The molecule has 1 amide bonds. The smallest absolute Gasteiger partial charge is 0.450 e. The molecular formula is C22H14F3NO2. The lowest BCUT2D eigenvalue weighted by molar-refractivity contribution is -0.152. The Bertz CT molecular complexity index is 1240. The quantitative estimate of drug-likeness (QED) is 0.400. The largest absolute Gasteiger partial charge is 0.451 e. The van der Waals surface area contributed by atoms with E-state index in [4.69, 9.17) is 4.42 Å². The Morgan fingerprint density at radius 1 is 0.929 bits per heavy atom. The number of alkyl halides is 3. The van der Waals surface area contributed by atoms with Crippen LogP contribution in [0, 0.1) is 0 Å². The van der Waals surface area contributed by atoms with Gasteiger partial charge in [0.2, 0.25) is 11.7 Å². The summed E-state index contributed by atoms with van der Waals surface area (Å²) in [7, 11) is 0. The number of nitrogens with zero attached hydrogens (tertiary/aromatic N) is 1. The van der Waals surface area contributed by atoms with Gasteiger partial charge in [-0.2, -0.15) is 13.2 Å². The van der Waals surface area contributed by atoms with Crippen molar-refractivity contribution in [1.82, 2.24) is 0 Å². The number of hydrogen-bond acceptors (Lipinski definition) is 2. The summed E-state index contributed by atoms with van der Waals surface area (Å²) in [6.07, 6.45) is -4.73. The van der Waals surface area contributed by atoms with Crippen LogP contribution in [0.15, 0.2) is 76.1 Å². The van der Waals surface area contributed by atoms with Gasteiger partial charge in [0.1, 0.15) is 5.58 Å². The summed E-state index contributed by atoms with van der Waals surface area (Å²) >= 11 is 0. The summed E-state index contributed by atoms with van der Waals surface area (Å²) < 4.78 is 46.3. The van der Waals surface area contributed by atoms with Gasteiger partial charge in [-0.15, -0.1) is 0 Å². The Labute approximate surface area is 158 Å². The average molecular weight is 381 g/mol. The summed E-state index contributed by atoms with van der Waals surface area (Å²) in [5, 5.41) is 2.02. The highest BCUT2D eigenvalue weighted by molar-refractivity contribution is 6.23. The van der Waals surface area contributed by atoms with E-state index >= 15 is 0 Å². The topological polar surface area (TPSA) is 42.6 Å². The number of benzene rings is 3. The molecule has 0 N–H and O–H groups in total. The van der Waals surface area contributed by atoms with Crippen molar-refractivity contribution in [1.29, 1.82) is 0 Å².